The van der Waals surface area contributed by atoms with E-state index < -0.39 is 0 Å². The molecule has 0 fully saturated rings. The van der Waals surface area contributed by atoms with Crippen LogP contribution in [0.25, 0.3) is 11.3 Å². The van der Waals surface area contributed by atoms with Gasteiger partial charge in [0.1, 0.15) is 18.1 Å². The summed E-state index contributed by atoms with van der Waals surface area (Å²) >= 11 is 6.16. The average Bonchev–Trinajstić information content (AvgIpc) is 3.31. The second-order valence-electron chi connectivity index (χ2n) is 7.18. The summed E-state index contributed by atoms with van der Waals surface area (Å²) in [6, 6.07) is 24.6. The number of H-pyrrole nitrogens is 1. The van der Waals surface area contributed by atoms with Gasteiger partial charge < -0.3 is 4.74 Å². The van der Waals surface area contributed by atoms with E-state index in [0.29, 0.717) is 28.8 Å². The molecule has 1 aromatic heterocycles. The molecule has 1 heterocycles. The van der Waals surface area contributed by atoms with Crippen LogP contribution in [0.2, 0.25) is 5.02 Å². The maximum Gasteiger partial charge on any atom is 0.289 e. The van der Waals surface area contributed by atoms with E-state index in [9.17, 15) is 4.79 Å². The number of nitrogens with zero attached hydrogens (tertiary/aromatic N) is 2. The van der Waals surface area contributed by atoms with Crippen molar-refractivity contribution in [3.8, 4) is 17.0 Å². The molecular formula is C25H21ClN4O2. The lowest BCUT2D eigenvalue weighted by Crippen LogP contribution is -2.17. The smallest absolute Gasteiger partial charge is 0.289 e. The van der Waals surface area contributed by atoms with Crippen LogP contribution in [-0.4, -0.2) is 22.3 Å². The number of hydrogen-bond acceptors (Lipinski definition) is 4. The molecule has 0 spiro atoms. The number of aryl methyl sites for hydroxylation is 1. The molecule has 0 saturated carbocycles. The summed E-state index contributed by atoms with van der Waals surface area (Å²) in [7, 11) is 0. The van der Waals surface area contributed by atoms with Gasteiger partial charge in [-0.3, -0.25) is 9.89 Å². The van der Waals surface area contributed by atoms with Gasteiger partial charge in [0.25, 0.3) is 5.91 Å². The predicted molar refractivity (Wildman–Crippen MR) is 126 cm³/mol. The van der Waals surface area contributed by atoms with Crippen LogP contribution < -0.4 is 10.2 Å². The number of amides is 1. The van der Waals surface area contributed by atoms with E-state index in [1.165, 1.54) is 0 Å². The first-order chi connectivity index (χ1) is 15.6. The van der Waals surface area contributed by atoms with Crippen molar-refractivity contribution < 1.29 is 9.53 Å². The number of benzene rings is 3. The number of ether oxygens (including phenoxy) is 1. The van der Waals surface area contributed by atoms with Gasteiger partial charge in [0.15, 0.2) is 0 Å². The summed E-state index contributed by atoms with van der Waals surface area (Å²) < 4.78 is 5.80. The number of nitrogens with one attached hydrogen (secondary N) is 2. The van der Waals surface area contributed by atoms with E-state index >= 15 is 0 Å². The Morgan fingerprint density at radius 1 is 1.09 bits per heavy atom. The molecule has 4 rings (SSSR count). The van der Waals surface area contributed by atoms with Gasteiger partial charge >= 0.3 is 0 Å². The molecule has 6 nitrogen and oxygen atoms in total. The minimum absolute atomic E-state index is 0.320. The third kappa shape index (κ3) is 5.42. The normalized spacial score (nSPS) is 10.9. The third-order valence-corrected chi connectivity index (χ3v) is 5.15. The van der Waals surface area contributed by atoms with Crippen LogP contribution in [0.5, 0.6) is 5.75 Å². The number of rotatable bonds is 7. The number of hydrogen-bond donors (Lipinski definition) is 2. The second kappa shape index (κ2) is 9.94. The van der Waals surface area contributed by atoms with Crippen molar-refractivity contribution in [3.05, 3.63) is 106 Å². The fourth-order valence-electron chi connectivity index (χ4n) is 2.96. The number of carbonyl (C=O) groups is 1. The number of carbonyl (C=O) groups excluding carboxylic acids is 1. The summed E-state index contributed by atoms with van der Waals surface area (Å²) in [6.07, 6.45) is 1.59. The Labute approximate surface area is 190 Å². The lowest BCUT2D eigenvalue weighted by atomic mass is 10.1. The number of hydrazone groups is 1. The van der Waals surface area contributed by atoms with Gasteiger partial charge in [-0.1, -0.05) is 59.6 Å². The molecule has 4 aromatic rings. The molecule has 1 amide bonds. The summed E-state index contributed by atoms with van der Waals surface area (Å²) in [5.74, 6) is 0.347. The Bertz CT molecular complexity index is 1230. The van der Waals surface area contributed by atoms with Gasteiger partial charge in [-0.25, -0.2) is 5.43 Å². The van der Waals surface area contributed by atoms with Crippen LogP contribution in [-0.2, 0) is 6.61 Å². The highest BCUT2D eigenvalue weighted by atomic mass is 35.5. The van der Waals surface area contributed by atoms with Crippen LogP contribution in [0.4, 0.5) is 0 Å². The molecule has 32 heavy (non-hydrogen) atoms. The minimum atomic E-state index is -0.369. The van der Waals surface area contributed by atoms with Gasteiger partial charge in [0.05, 0.1) is 11.9 Å². The van der Waals surface area contributed by atoms with Crippen LogP contribution in [0.3, 0.4) is 0 Å². The molecule has 7 heteroatoms. The zero-order valence-corrected chi connectivity index (χ0v) is 18.1. The lowest BCUT2D eigenvalue weighted by Gasteiger charge is -2.08. The van der Waals surface area contributed by atoms with Gasteiger partial charge in [-0.05, 0) is 48.9 Å². The van der Waals surface area contributed by atoms with Crippen LogP contribution in [0.1, 0.15) is 27.2 Å². The fraction of sp³-hybridized carbons (Fsp3) is 0.0800. The van der Waals surface area contributed by atoms with Crippen molar-refractivity contribution in [2.24, 2.45) is 5.10 Å². The molecule has 0 aliphatic carbocycles. The summed E-state index contributed by atoms with van der Waals surface area (Å²) in [6.45, 7) is 2.40. The number of halogens is 1. The summed E-state index contributed by atoms with van der Waals surface area (Å²) in [5.41, 5.74) is 7.31. The first-order valence-corrected chi connectivity index (χ1v) is 10.4. The predicted octanol–water partition coefficient (Wildman–Crippen LogP) is 5.38. The molecule has 0 atom stereocenters. The molecule has 0 aliphatic rings. The third-order valence-electron chi connectivity index (χ3n) is 4.78. The number of aromatic amines is 1. The Morgan fingerprint density at radius 3 is 2.59 bits per heavy atom. The highest BCUT2D eigenvalue weighted by Gasteiger charge is 2.10. The van der Waals surface area contributed by atoms with Gasteiger partial charge in [0, 0.05) is 16.1 Å². The molecule has 0 aliphatic heterocycles. The Balaban J connectivity index is 1.34. The minimum Gasteiger partial charge on any atom is -0.489 e. The Kier molecular flexibility index (Phi) is 6.63. The maximum atomic E-state index is 12.3. The monoisotopic (exact) mass is 444 g/mol. The topological polar surface area (TPSA) is 79.4 Å². The van der Waals surface area contributed by atoms with E-state index in [1.54, 1.807) is 12.3 Å². The molecular weight excluding hydrogens is 424 g/mol. The van der Waals surface area contributed by atoms with E-state index in [2.05, 4.69) is 20.7 Å². The van der Waals surface area contributed by atoms with E-state index in [4.69, 9.17) is 16.3 Å². The quantitative estimate of drug-likeness (QED) is 0.296. The summed E-state index contributed by atoms with van der Waals surface area (Å²) in [5, 5.41) is 11.6. The van der Waals surface area contributed by atoms with Gasteiger partial charge in [-0.2, -0.15) is 10.2 Å². The van der Waals surface area contributed by atoms with Crippen LogP contribution >= 0.6 is 11.6 Å². The van der Waals surface area contributed by atoms with Crippen molar-refractivity contribution in [1.82, 2.24) is 15.6 Å². The molecule has 0 unspecified atom stereocenters. The van der Waals surface area contributed by atoms with Crippen LogP contribution in [0.15, 0.2) is 84.0 Å². The van der Waals surface area contributed by atoms with E-state index in [1.807, 2.05) is 79.7 Å². The van der Waals surface area contributed by atoms with Gasteiger partial charge in [0.2, 0.25) is 0 Å². The first kappa shape index (κ1) is 21.3. The van der Waals surface area contributed by atoms with Crippen molar-refractivity contribution >= 4 is 23.7 Å². The standard InChI is InChI=1S/C25H21ClN4O2/c1-17-6-8-18(9-7-17)15-27-30-25(31)24-14-23(28-29-24)19-10-12-21(13-11-19)32-16-20-4-2-3-5-22(20)26/h2-15H,16H2,1H3,(H,28,29)(H,30,31)/b27-15+. The Morgan fingerprint density at radius 2 is 1.84 bits per heavy atom. The fourth-order valence-corrected chi connectivity index (χ4v) is 3.15. The van der Waals surface area contributed by atoms with Crippen molar-refractivity contribution in [1.29, 1.82) is 0 Å². The highest BCUT2D eigenvalue weighted by Crippen LogP contribution is 2.23. The molecule has 3 aromatic carbocycles. The second-order valence-corrected chi connectivity index (χ2v) is 7.59. The van der Waals surface area contributed by atoms with Gasteiger partial charge in [-0.15, -0.1) is 0 Å². The SMILES string of the molecule is Cc1ccc(/C=N/NC(=O)c2cc(-c3ccc(OCc4ccccc4Cl)cc3)n[nH]2)cc1. The maximum absolute atomic E-state index is 12.3. The van der Waals surface area contributed by atoms with Crippen molar-refractivity contribution in [3.63, 3.8) is 0 Å². The summed E-state index contributed by atoms with van der Waals surface area (Å²) in [4.78, 5) is 12.3. The number of aromatic nitrogens is 2. The van der Waals surface area contributed by atoms with Crippen molar-refractivity contribution in [2.45, 2.75) is 13.5 Å². The Hall–Kier alpha value is -3.90. The zero-order chi connectivity index (χ0) is 22.3. The largest absolute Gasteiger partial charge is 0.489 e. The molecule has 2 N–H and O–H groups in total. The van der Waals surface area contributed by atoms with Crippen molar-refractivity contribution in [2.75, 3.05) is 0 Å². The molecule has 0 saturated heterocycles. The average molecular weight is 445 g/mol. The first-order valence-electron chi connectivity index (χ1n) is 10.0. The molecule has 0 radical (unpaired) electrons. The molecule has 160 valence electrons. The van der Waals surface area contributed by atoms with E-state index in [-0.39, 0.29) is 5.91 Å². The zero-order valence-electron chi connectivity index (χ0n) is 17.4. The van der Waals surface area contributed by atoms with Crippen LogP contribution in [0, 0.1) is 6.92 Å². The van der Waals surface area contributed by atoms with E-state index in [0.717, 1.165) is 22.3 Å². The lowest BCUT2D eigenvalue weighted by molar-refractivity contribution is 0.0950. The highest BCUT2D eigenvalue weighted by molar-refractivity contribution is 6.31. The molecule has 0 bridgehead atoms.